The summed E-state index contributed by atoms with van der Waals surface area (Å²) in [5, 5.41) is 8.97. The van der Waals surface area contributed by atoms with Gasteiger partial charge < -0.3 is 21.0 Å². The minimum atomic E-state index is -4.73. The summed E-state index contributed by atoms with van der Waals surface area (Å²) in [6.07, 6.45) is -4.73. The summed E-state index contributed by atoms with van der Waals surface area (Å²) in [6.45, 7) is 0. The highest BCUT2D eigenvalue weighted by Gasteiger charge is 2.30. The summed E-state index contributed by atoms with van der Waals surface area (Å²) in [5.74, 6) is 4.00. The number of benzene rings is 2. The molecule has 0 bridgehead atoms. The van der Waals surface area contributed by atoms with Gasteiger partial charge in [0.2, 0.25) is 0 Å². The molecule has 0 amide bonds. The molecular formula is C17H16F3N3O3S. The first kappa shape index (κ1) is 20.5. The van der Waals surface area contributed by atoms with Crippen LogP contribution >= 0.6 is 11.8 Å². The summed E-state index contributed by atoms with van der Waals surface area (Å²) in [7, 11) is 0. The van der Waals surface area contributed by atoms with Crippen molar-refractivity contribution < 1.29 is 27.8 Å². The van der Waals surface area contributed by atoms with Gasteiger partial charge in [-0.25, -0.2) is 4.79 Å². The van der Waals surface area contributed by atoms with Gasteiger partial charge in [0, 0.05) is 5.75 Å². The van der Waals surface area contributed by atoms with Crippen LogP contribution in [-0.4, -0.2) is 17.4 Å². The maximum absolute atomic E-state index is 12.2. The fourth-order valence-electron chi connectivity index (χ4n) is 2.11. The predicted molar refractivity (Wildman–Crippen MR) is 96.0 cm³/mol. The first-order chi connectivity index (χ1) is 12.7. The van der Waals surface area contributed by atoms with Gasteiger partial charge >= 0.3 is 12.3 Å². The molecule has 0 unspecified atom stereocenters. The van der Waals surface area contributed by atoms with E-state index in [1.54, 1.807) is 12.1 Å². The first-order valence-electron chi connectivity index (χ1n) is 7.47. The number of hydrogen-bond acceptors (Lipinski definition) is 6. The van der Waals surface area contributed by atoms with Crippen molar-refractivity contribution in [1.82, 2.24) is 5.43 Å². The van der Waals surface area contributed by atoms with Crippen LogP contribution in [-0.2, 0) is 10.5 Å². The van der Waals surface area contributed by atoms with Crippen LogP contribution in [0.4, 0.5) is 13.2 Å². The number of thioether (sulfide) groups is 1. The minimum absolute atomic E-state index is 0.0503. The molecule has 0 radical (unpaired) electrons. The number of hydrazine groups is 1. The van der Waals surface area contributed by atoms with Crippen molar-refractivity contribution in [2.24, 2.45) is 11.6 Å². The second kappa shape index (κ2) is 8.69. The first-order valence-corrected chi connectivity index (χ1v) is 8.45. The van der Waals surface area contributed by atoms with Gasteiger partial charge in [-0.15, -0.1) is 24.9 Å². The number of carboxylic acid groups (broad SMARTS) is 1. The Morgan fingerprint density at radius 3 is 2.04 bits per heavy atom. The van der Waals surface area contributed by atoms with Gasteiger partial charge in [-0.2, -0.15) is 0 Å². The molecule has 0 aliphatic heterocycles. The molecule has 0 aliphatic rings. The maximum atomic E-state index is 12.2. The number of nitrogens with two attached hydrogens (primary N) is 2. The van der Waals surface area contributed by atoms with Gasteiger partial charge in [-0.3, -0.25) is 5.84 Å². The molecule has 0 saturated heterocycles. The van der Waals surface area contributed by atoms with E-state index in [2.05, 4.69) is 4.74 Å². The predicted octanol–water partition coefficient (Wildman–Crippen LogP) is 3.16. The fraction of sp³-hybridized carbons (Fsp3) is 0.118. The molecule has 0 aliphatic carbocycles. The van der Waals surface area contributed by atoms with E-state index < -0.39 is 12.3 Å². The molecule has 0 spiro atoms. The molecule has 0 heterocycles. The number of carbonyl (C=O) groups is 1. The summed E-state index contributed by atoms with van der Waals surface area (Å²) in [4.78, 5) is 10.9. The molecule has 0 fully saturated rings. The standard InChI is InChI=1S/C17H16F3N3O3S/c18-17(19,20)26-13-7-5-12(6-8-13)11-3-1-10(2-4-11)9-27-15(21)14(23-22)16(24)25/h1-8,23H,9,21-22H2,(H,24,25)/b15-14+. The van der Waals surface area contributed by atoms with Gasteiger partial charge in [-0.1, -0.05) is 36.4 Å². The molecule has 10 heteroatoms. The third-order valence-electron chi connectivity index (χ3n) is 3.37. The van der Waals surface area contributed by atoms with Gasteiger partial charge in [0.05, 0.1) is 5.03 Å². The summed E-state index contributed by atoms with van der Waals surface area (Å²) in [6, 6.07) is 12.8. The van der Waals surface area contributed by atoms with Gasteiger partial charge in [0.1, 0.15) is 5.75 Å². The lowest BCUT2D eigenvalue weighted by Crippen LogP contribution is -2.29. The summed E-state index contributed by atoms with van der Waals surface area (Å²) < 4.78 is 40.4. The Morgan fingerprint density at radius 1 is 1.07 bits per heavy atom. The molecule has 2 aromatic rings. The van der Waals surface area contributed by atoms with E-state index in [9.17, 15) is 18.0 Å². The molecule has 2 rings (SSSR count). The quantitative estimate of drug-likeness (QED) is 0.322. The Kier molecular flexibility index (Phi) is 6.59. The van der Waals surface area contributed by atoms with E-state index >= 15 is 0 Å². The Hall–Kier alpha value is -2.85. The lowest BCUT2D eigenvalue weighted by atomic mass is 10.0. The van der Waals surface area contributed by atoms with Crippen molar-refractivity contribution in [2.75, 3.05) is 0 Å². The monoisotopic (exact) mass is 399 g/mol. The highest BCUT2D eigenvalue weighted by atomic mass is 32.2. The van der Waals surface area contributed by atoms with Gasteiger partial charge in [0.25, 0.3) is 0 Å². The molecule has 27 heavy (non-hydrogen) atoms. The van der Waals surface area contributed by atoms with Crippen molar-refractivity contribution in [3.63, 3.8) is 0 Å². The lowest BCUT2D eigenvalue weighted by Gasteiger charge is -2.10. The molecular weight excluding hydrogens is 383 g/mol. The van der Waals surface area contributed by atoms with Crippen LogP contribution in [0.1, 0.15) is 5.56 Å². The number of ether oxygens (including phenoxy) is 1. The van der Waals surface area contributed by atoms with Crippen molar-refractivity contribution in [3.8, 4) is 16.9 Å². The van der Waals surface area contributed by atoms with E-state index in [1.807, 2.05) is 17.6 Å². The van der Waals surface area contributed by atoms with Crippen LogP contribution in [0.15, 0.2) is 59.3 Å². The zero-order valence-electron chi connectivity index (χ0n) is 13.8. The van der Waals surface area contributed by atoms with Crippen LogP contribution in [0.3, 0.4) is 0 Å². The topological polar surface area (TPSA) is 111 Å². The SMILES string of the molecule is NN/C(C(=O)O)=C(\N)SCc1ccc(-c2ccc(OC(F)(F)F)cc2)cc1. The lowest BCUT2D eigenvalue weighted by molar-refractivity contribution is -0.274. The molecule has 2 aromatic carbocycles. The van der Waals surface area contributed by atoms with Crippen LogP contribution in [0.25, 0.3) is 11.1 Å². The summed E-state index contributed by atoms with van der Waals surface area (Å²) >= 11 is 1.11. The van der Waals surface area contributed by atoms with Crippen LogP contribution < -0.4 is 21.7 Å². The molecule has 144 valence electrons. The average molecular weight is 399 g/mol. The molecule has 0 saturated carbocycles. The third kappa shape index (κ3) is 6.12. The van der Waals surface area contributed by atoms with Gasteiger partial charge in [-0.05, 0) is 28.8 Å². The minimum Gasteiger partial charge on any atom is -0.476 e. The van der Waals surface area contributed by atoms with Crippen molar-refractivity contribution in [1.29, 1.82) is 0 Å². The number of rotatable bonds is 7. The van der Waals surface area contributed by atoms with Crippen LogP contribution in [0, 0.1) is 0 Å². The number of halogens is 3. The number of aliphatic carboxylic acids is 1. The van der Waals surface area contributed by atoms with Gasteiger partial charge in [0.15, 0.2) is 5.70 Å². The molecule has 6 nitrogen and oxygen atoms in total. The maximum Gasteiger partial charge on any atom is 0.573 e. The van der Waals surface area contributed by atoms with Crippen molar-refractivity contribution >= 4 is 17.7 Å². The zero-order chi connectivity index (χ0) is 20.0. The van der Waals surface area contributed by atoms with Crippen molar-refractivity contribution in [3.05, 3.63) is 64.8 Å². The van der Waals surface area contributed by atoms with Crippen LogP contribution in [0.2, 0.25) is 0 Å². The summed E-state index contributed by atoms with van der Waals surface area (Å²) in [5.41, 5.74) is 9.86. The third-order valence-corrected chi connectivity index (χ3v) is 4.37. The Bertz CT molecular complexity index is 822. The molecule has 0 atom stereocenters. The smallest absolute Gasteiger partial charge is 0.476 e. The highest BCUT2D eigenvalue weighted by Crippen LogP contribution is 2.27. The molecule has 0 aromatic heterocycles. The van der Waals surface area contributed by atoms with Crippen molar-refractivity contribution in [2.45, 2.75) is 12.1 Å². The normalized spacial score (nSPS) is 12.3. The van der Waals surface area contributed by atoms with E-state index in [-0.39, 0.29) is 16.5 Å². The average Bonchev–Trinajstić information content (AvgIpc) is 2.60. The van der Waals surface area contributed by atoms with E-state index in [4.69, 9.17) is 16.7 Å². The van der Waals surface area contributed by atoms with E-state index in [0.29, 0.717) is 5.75 Å². The Labute approximate surface area is 157 Å². The second-order valence-electron chi connectivity index (χ2n) is 5.25. The van der Waals surface area contributed by atoms with E-state index in [1.165, 1.54) is 24.3 Å². The zero-order valence-corrected chi connectivity index (χ0v) is 14.6. The van der Waals surface area contributed by atoms with E-state index in [0.717, 1.165) is 28.5 Å². The Balaban J connectivity index is 2.04. The number of alkyl halides is 3. The van der Waals surface area contributed by atoms with Crippen LogP contribution in [0.5, 0.6) is 5.75 Å². The molecule has 6 N–H and O–H groups in total. The second-order valence-corrected chi connectivity index (χ2v) is 6.26. The highest BCUT2D eigenvalue weighted by molar-refractivity contribution is 8.02. The fourth-order valence-corrected chi connectivity index (χ4v) is 2.92. The Morgan fingerprint density at radius 2 is 1.59 bits per heavy atom. The number of carboxylic acids is 1. The number of nitrogens with one attached hydrogen (secondary N) is 1. The number of hydrogen-bond donors (Lipinski definition) is 4. The largest absolute Gasteiger partial charge is 0.573 e.